The van der Waals surface area contributed by atoms with Crippen LogP contribution >= 0.6 is 0 Å². The fourth-order valence-electron chi connectivity index (χ4n) is 1.18. The van der Waals surface area contributed by atoms with E-state index < -0.39 is 10.8 Å². The lowest BCUT2D eigenvalue weighted by atomic mass is 10.3. The van der Waals surface area contributed by atoms with Crippen molar-refractivity contribution in [3.05, 3.63) is 11.6 Å². The number of hydrogen-bond donors (Lipinski definition) is 2. The van der Waals surface area contributed by atoms with Crippen molar-refractivity contribution >= 4 is 16.7 Å². The van der Waals surface area contributed by atoms with E-state index in [-0.39, 0.29) is 17.0 Å². The Hall–Kier alpha value is -1.24. The zero-order chi connectivity index (χ0) is 12.8. The number of amides is 1. The third-order valence-electron chi connectivity index (χ3n) is 2.34. The highest BCUT2D eigenvalue weighted by molar-refractivity contribution is 7.84. The average molecular weight is 258 g/mol. The minimum absolute atomic E-state index is 0.0759. The number of H-pyrrole nitrogens is 1. The minimum atomic E-state index is -0.944. The van der Waals surface area contributed by atoms with Crippen LogP contribution in [0.1, 0.15) is 36.7 Å². The van der Waals surface area contributed by atoms with Gasteiger partial charge in [-0.05, 0) is 13.3 Å². The number of aryl methyl sites for hydroxylation is 1. The minimum Gasteiger partial charge on any atom is -0.348 e. The van der Waals surface area contributed by atoms with Crippen molar-refractivity contribution in [2.45, 2.75) is 31.9 Å². The molecule has 2 atom stereocenters. The van der Waals surface area contributed by atoms with E-state index in [1.54, 1.807) is 6.26 Å². The first-order valence-electron chi connectivity index (χ1n) is 5.56. The number of aromatic nitrogens is 3. The molecule has 0 radical (unpaired) electrons. The van der Waals surface area contributed by atoms with Crippen molar-refractivity contribution in [1.82, 2.24) is 20.5 Å². The Morgan fingerprint density at radius 3 is 2.88 bits per heavy atom. The maximum Gasteiger partial charge on any atom is 0.290 e. The number of nitrogens with zero attached hydrogens (tertiary/aromatic N) is 2. The molecule has 17 heavy (non-hydrogen) atoms. The molecular formula is C10H18N4O2S. The standard InChI is InChI=1S/C10H18N4O2S/c1-4-5-8-12-9(14-13-8)10(15)11-6-7(2)17(3)16/h7H,4-6H2,1-3H3,(H,11,15)(H,12,13,14). The molecule has 1 amide bonds. The van der Waals surface area contributed by atoms with Gasteiger partial charge in [0, 0.05) is 35.3 Å². The summed E-state index contributed by atoms with van der Waals surface area (Å²) in [6.07, 6.45) is 3.33. The summed E-state index contributed by atoms with van der Waals surface area (Å²) in [6.45, 7) is 4.21. The predicted octanol–water partition coefficient (Wildman–Crippen LogP) is 0.254. The van der Waals surface area contributed by atoms with Crippen LogP contribution in [-0.2, 0) is 17.2 Å². The number of hydrogen-bond acceptors (Lipinski definition) is 4. The van der Waals surface area contributed by atoms with E-state index in [0.29, 0.717) is 12.4 Å². The molecule has 1 aromatic rings. The van der Waals surface area contributed by atoms with Gasteiger partial charge in [-0.1, -0.05) is 6.92 Å². The molecule has 2 N–H and O–H groups in total. The Labute approximate surface area is 103 Å². The molecule has 6 nitrogen and oxygen atoms in total. The van der Waals surface area contributed by atoms with Crippen molar-refractivity contribution in [2.24, 2.45) is 0 Å². The quantitative estimate of drug-likeness (QED) is 0.766. The molecule has 0 saturated heterocycles. The summed E-state index contributed by atoms with van der Waals surface area (Å²) in [4.78, 5) is 15.7. The Kier molecular flexibility index (Phi) is 5.27. The third-order valence-corrected chi connectivity index (χ3v) is 3.64. The molecule has 1 heterocycles. The van der Waals surface area contributed by atoms with Gasteiger partial charge < -0.3 is 5.32 Å². The molecule has 2 unspecified atom stereocenters. The van der Waals surface area contributed by atoms with Crippen LogP contribution in [0.4, 0.5) is 0 Å². The highest BCUT2D eigenvalue weighted by Gasteiger charge is 2.14. The number of carbonyl (C=O) groups excluding carboxylic acids is 1. The maximum absolute atomic E-state index is 11.6. The summed E-state index contributed by atoms with van der Waals surface area (Å²) >= 11 is 0. The first-order valence-corrected chi connectivity index (χ1v) is 7.18. The number of aromatic amines is 1. The van der Waals surface area contributed by atoms with E-state index in [4.69, 9.17) is 0 Å². The van der Waals surface area contributed by atoms with Gasteiger partial charge in [0.1, 0.15) is 5.82 Å². The summed E-state index contributed by atoms with van der Waals surface area (Å²) in [6, 6.07) is 0. The normalized spacial score (nSPS) is 14.3. The Bertz CT molecular complexity index is 405. The lowest BCUT2D eigenvalue weighted by Gasteiger charge is -2.07. The summed E-state index contributed by atoms with van der Waals surface area (Å²) in [5.41, 5.74) is 0. The van der Waals surface area contributed by atoms with E-state index in [0.717, 1.165) is 12.8 Å². The molecule has 0 aliphatic carbocycles. The Morgan fingerprint density at radius 2 is 2.29 bits per heavy atom. The second-order valence-electron chi connectivity index (χ2n) is 3.87. The topological polar surface area (TPSA) is 87.7 Å². The zero-order valence-electron chi connectivity index (χ0n) is 10.3. The molecule has 0 spiro atoms. The van der Waals surface area contributed by atoms with Gasteiger partial charge in [0.05, 0.1) is 0 Å². The molecule has 0 aliphatic heterocycles. The van der Waals surface area contributed by atoms with Gasteiger partial charge in [0.15, 0.2) is 0 Å². The molecule has 1 aromatic heterocycles. The van der Waals surface area contributed by atoms with Gasteiger partial charge >= 0.3 is 0 Å². The Morgan fingerprint density at radius 1 is 1.59 bits per heavy atom. The highest BCUT2D eigenvalue weighted by atomic mass is 32.2. The van der Waals surface area contributed by atoms with Gasteiger partial charge in [-0.3, -0.25) is 14.1 Å². The molecule has 0 bridgehead atoms. The maximum atomic E-state index is 11.6. The monoisotopic (exact) mass is 258 g/mol. The van der Waals surface area contributed by atoms with Gasteiger partial charge in [0.25, 0.3) is 5.91 Å². The molecular weight excluding hydrogens is 240 g/mol. The van der Waals surface area contributed by atoms with Crippen LogP contribution in [-0.4, -0.2) is 43.3 Å². The first-order chi connectivity index (χ1) is 8.04. The predicted molar refractivity (Wildman–Crippen MR) is 66.2 cm³/mol. The summed E-state index contributed by atoms with van der Waals surface area (Å²) in [5.74, 6) is 0.521. The number of nitrogens with one attached hydrogen (secondary N) is 2. The fourth-order valence-corrected chi connectivity index (χ4v) is 1.50. The van der Waals surface area contributed by atoms with E-state index in [1.807, 2.05) is 13.8 Å². The van der Waals surface area contributed by atoms with Gasteiger partial charge in [-0.25, -0.2) is 4.98 Å². The SMILES string of the molecule is CCCc1nc(C(=O)NCC(C)S(C)=O)n[nH]1. The average Bonchev–Trinajstić information content (AvgIpc) is 2.74. The van der Waals surface area contributed by atoms with Crippen LogP contribution in [0.5, 0.6) is 0 Å². The van der Waals surface area contributed by atoms with Crippen LogP contribution in [0.2, 0.25) is 0 Å². The molecule has 7 heteroatoms. The van der Waals surface area contributed by atoms with Gasteiger partial charge in [-0.2, -0.15) is 0 Å². The van der Waals surface area contributed by atoms with E-state index >= 15 is 0 Å². The second-order valence-corrected chi connectivity index (χ2v) is 5.68. The summed E-state index contributed by atoms with van der Waals surface area (Å²) in [7, 11) is -0.944. The number of rotatable bonds is 6. The molecule has 0 aromatic carbocycles. The van der Waals surface area contributed by atoms with E-state index in [9.17, 15) is 9.00 Å². The molecule has 0 saturated carbocycles. The van der Waals surface area contributed by atoms with Crippen molar-refractivity contribution in [2.75, 3.05) is 12.8 Å². The third kappa shape index (κ3) is 4.26. The number of carbonyl (C=O) groups is 1. The molecule has 1 rings (SSSR count). The van der Waals surface area contributed by atoms with Gasteiger partial charge in [0.2, 0.25) is 5.82 Å². The highest BCUT2D eigenvalue weighted by Crippen LogP contribution is 1.97. The lowest BCUT2D eigenvalue weighted by molar-refractivity contribution is 0.0944. The largest absolute Gasteiger partial charge is 0.348 e. The zero-order valence-corrected chi connectivity index (χ0v) is 11.1. The van der Waals surface area contributed by atoms with Crippen molar-refractivity contribution < 1.29 is 9.00 Å². The second kappa shape index (κ2) is 6.48. The molecule has 0 aliphatic rings. The molecule has 96 valence electrons. The molecule has 0 fully saturated rings. The smallest absolute Gasteiger partial charge is 0.290 e. The lowest BCUT2D eigenvalue weighted by Crippen LogP contribution is -2.33. The van der Waals surface area contributed by atoms with E-state index in [1.165, 1.54) is 0 Å². The van der Waals surface area contributed by atoms with Crippen LogP contribution in [0.25, 0.3) is 0 Å². The van der Waals surface area contributed by atoms with Crippen molar-refractivity contribution in [3.8, 4) is 0 Å². The summed E-state index contributed by atoms with van der Waals surface area (Å²) in [5, 5.41) is 9.13. The van der Waals surface area contributed by atoms with Gasteiger partial charge in [-0.15, -0.1) is 5.10 Å². The first kappa shape index (κ1) is 13.8. The van der Waals surface area contributed by atoms with Crippen LogP contribution in [0.3, 0.4) is 0 Å². The van der Waals surface area contributed by atoms with Crippen molar-refractivity contribution in [1.29, 1.82) is 0 Å². The Balaban J connectivity index is 2.49. The van der Waals surface area contributed by atoms with Crippen molar-refractivity contribution in [3.63, 3.8) is 0 Å². The van der Waals surface area contributed by atoms with Crippen LogP contribution in [0, 0.1) is 0 Å². The van der Waals surface area contributed by atoms with Crippen LogP contribution in [0.15, 0.2) is 0 Å². The fraction of sp³-hybridized carbons (Fsp3) is 0.700. The van der Waals surface area contributed by atoms with E-state index in [2.05, 4.69) is 20.5 Å². The van der Waals surface area contributed by atoms with Crippen LogP contribution < -0.4 is 5.32 Å². The summed E-state index contributed by atoms with van der Waals surface area (Å²) < 4.78 is 11.1.